The van der Waals surface area contributed by atoms with E-state index in [0.717, 1.165) is 34.6 Å². The quantitative estimate of drug-likeness (QED) is 0.645. The molecule has 2 aromatic heterocycles. The predicted octanol–water partition coefficient (Wildman–Crippen LogP) is 4.62. The van der Waals surface area contributed by atoms with Crippen molar-refractivity contribution in [3.63, 3.8) is 0 Å². The summed E-state index contributed by atoms with van der Waals surface area (Å²) in [5.41, 5.74) is 3.79. The number of benzene rings is 1. The Balaban J connectivity index is 1.72. The van der Waals surface area contributed by atoms with Crippen LogP contribution in [0.5, 0.6) is 0 Å². The molecule has 4 rings (SSSR count). The molecule has 1 aliphatic heterocycles. The van der Waals surface area contributed by atoms with E-state index in [9.17, 15) is 4.39 Å². The molecule has 0 spiro atoms. The highest BCUT2D eigenvalue weighted by Gasteiger charge is 2.16. The highest BCUT2D eigenvalue weighted by atomic mass is 32.2. The number of halogens is 1. The molecule has 7 heteroatoms. The van der Waals surface area contributed by atoms with Crippen LogP contribution in [0.4, 0.5) is 10.1 Å². The zero-order valence-corrected chi connectivity index (χ0v) is 16.1. The van der Waals surface area contributed by atoms with Crippen molar-refractivity contribution in [1.82, 2.24) is 19.7 Å². The maximum Gasteiger partial charge on any atom is 0.183 e. The Kier molecular flexibility index (Phi) is 4.94. The van der Waals surface area contributed by atoms with Gasteiger partial charge < -0.3 is 9.47 Å². The van der Waals surface area contributed by atoms with Crippen LogP contribution in [0.3, 0.4) is 0 Å². The van der Waals surface area contributed by atoms with Crippen LogP contribution in [0, 0.1) is 5.82 Å². The molecule has 0 amide bonds. The first-order valence-electron chi connectivity index (χ1n) is 8.95. The summed E-state index contributed by atoms with van der Waals surface area (Å²) in [6.07, 6.45) is 9.54. The Morgan fingerprint density at radius 3 is 2.89 bits per heavy atom. The summed E-state index contributed by atoms with van der Waals surface area (Å²) in [4.78, 5) is 7.62. The minimum Gasteiger partial charge on any atom is -0.342 e. The minimum absolute atomic E-state index is 0.249. The van der Waals surface area contributed by atoms with Gasteiger partial charge in [-0.3, -0.25) is 0 Å². The number of imidazole rings is 1. The van der Waals surface area contributed by atoms with E-state index in [1.165, 1.54) is 11.0 Å². The van der Waals surface area contributed by atoms with Crippen molar-refractivity contribution in [2.24, 2.45) is 0 Å². The predicted molar refractivity (Wildman–Crippen MR) is 109 cm³/mol. The van der Waals surface area contributed by atoms with Crippen LogP contribution in [-0.2, 0) is 6.54 Å². The van der Waals surface area contributed by atoms with Crippen molar-refractivity contribution in [3.8, 4) is 11.1 Å². The van der Waals surface area contributed by atoms with Gasteiger partial charge in [-0.15, -0.1) is 16.9 Å². The molecular formula is C20H20FN5S. The lowest BCUT2D eigenvalue weighted by molar-refractivity contribution is 0.626. The van der Waals surface area contributed by atoms with Crippen molar-refractivity contribution < 1.29 is 4.39 Å². The first kappa shape index (κ1) is 17.7. The Morgan fingerprint density at radius 1 is 1.26 bits per heavy atom. The van der Waals surface area contributed by atoms with Gasteiger partial charge in [-0.05, 0) is 36.4 Å². The summed E-state index contributed by atoms with van der Waals surface area (Å²) in [7, 11) is 0. The summed E-state index contributed by atoms with van der Waals surface area (Å²) in [6.45, 7) is 5.57. The average Bonchev–Trinajstić information content (AvgIpc) is 3.13. The van der Waals surface area contributed by atoms with E-state index in [0.29, 0.717) is 12.2 Å². The highest BCUT2D eigenvalue weighted by molar-refractivity contribution is 8.03. The van der Waals surface area contributed by atoms with E-state index in [1.807, 2.05) is 34.7 Å². The fourth-order valence-electron chi connectivity index (χ4n) is 3.15. The summed E-state index contributed by atoms with van der Waals surface area (Å²) < 4.78 is 16.5. The second kappa shape index (κ2) is 7.52. The number of aromatic nitrogens is 4. The molecule has 0 unspecified atom stereocenters. The number of fused-ring (bicyclic) bond motifs is 1. The summed E-state index contributed by atoms with van der Waals surface area (Å²) >= 11 is 1.79. The van der Waals surface area contributed by atoms with Gasteiger partial charge in [0, 0.05) is 29.8 Å². The van der Waals surface area contributed by atoms with Crippen LogP contribution in [0.2, 0.25) is 0 Å². The molecule has 0 atom stereocenters. The molecule has 27 heavy (non-hydrogen) atoms. The Hall–Kier alpha value is -2.67. The van der Waals surface area contributed by atoms with Crippen molar-refractivity contribution >= 4 is 28.6 Å². The summed E-state index contributed by atoms with van der Waals surface area (Å²) in [5, 5.41) is 8.32. The van der Waals surface area contributed by atoms with Crippen LogP contribution in [0.25, 0.3) is 22.3 Å². The molecule has 0 saturated carbocycles. The maximum absolute atomic E-state index is 14.5. The number of hydrogen-bond acceptors (Lipinski definition) is 5. The Bertz CT molecular complexity index is 1040. The van der Waals surface area contributed by atoms with E-state index in [1.54, 1.807) is 30.4 Å². The molecule has 0 fully saturated rings. The zero-order chi connectivity index (χ0) is 18.8. The van der Waals surface area contributed by atoms with Crippen molar-refractivity contribution in [3.05, 3.63) is 59.8 Å². The second-order valence-electron chi connectivity index (χ2n) is 6.13. The molecule has 0 radical (unpaired) electrons. The molecule has 1 aliphatic rings. The third-order valence-corrected chi connectivity index (χ3v) is 5.46. The molecular weight excluding hydrogens is 361 g/mol. The molecule has 0 N–H and O–H groups in total. The average molecular weight is 381 g/mol. The van der Waals surface area contributed by atoms with Gasteiger partial charge >= 0.3 is 0 Å². The fourth-order valence-corrected chi connectivity index (χ4v) is 3.83. The molecule has 138 valence electrons. The number of hydrogen-bond donors (Lipinski definition) is 0. The third kappa shape index (κ3) is 3.35. The minimum atomic E-state index is -0.249. The number of nitrogens with zero attached hydrogens (tertiary/aromatic N) is 5. The Labute approximate surface area is 161 Å². The lowest BCUT2D eigenvalue weighted by Gasteiger charge is -2.23. The number of rotatable bonds is 5. The smallest absolute Gasteiger partial charge is 0.183 e. The van der Waals surface area contributed by atoms with Gasteiger partial charge in [-0.1, -0.05) is 19.1 Å². The standard InChI is InChI=1S/C20H20FN5S/c1-3-25-13-22-19-16(12-23-24-20(19)25)14-5-6-17(21)18(11-14)26-9-7-15(8-10-26)27-4-2/h5-9,11-13H,3-4,10H2,1-2H3. The van der Waals surface area contributed by atoms with Crippen molar-refractivity contribution in [2.75, 3.05) is 17.2 Å². The molecule has 5 nitrogen and oxygen atoms in total. The number of thioether (sulfide) groups is 1. The van der Waals surface area contributed by atoms with Gasteiger partial charge in [-0.2, -0.15) is 5.10 Å². The third-order valence-electron chi connectivity index (χ3n) is 4.53. The zero-order valence-electron chi connectivity index (χ0n) is 15.3. The van der Waals surface area contributed by atoms with Crippen LogP contribution in [0.15, 0.2) is 54.0 Å². The van der Waals surface area contributed by atoms with Crippen LogP contribution >= 0.6 is 11.8 Å². The van der Waals surface area contributed by atoms with E-state index >= 15 is 0 Å². The number of allylic oxidation sites excluding steroid dienone is 1. The van der Waals surface area contributed by atoms with E-state index in [4.69, 9.17) is 0 Å². The van der Waals surface area contributed by atoms with Gasteiger partial charge in [0.25, 0.3) is 0 Å². The van der Waals surface area contributed by atoms with Gasteiger partial charge in [0.15, 0.2) is 5.65 Å². The molecule has 0 aliphatic carbocycles. The number of aryl methyl sites for hydroxylation is 1. The van der Waals surface area contributed by atoms with Crippen LogP contribution in [0.1, 0.15) is 13.8 Å². The first-order valence-corrected chi connectivity index (χ1v) is 9.94. The SMILES string of the molecule is CCSC1=CCN(c2cc(-c3cnnc4c3ncn4CC)ccc2F)C=C1. The highest BCUT2D eigenvalue weighted by Crippen LogP contribution is 2.32. The van der Waals surface area contributed by atoms with Crippen LogP contribution in [-0.4, -0.2) is 32.0 Å². The van der Waals surface area contributed by atoms with E-state index in [2.05, 4.69) is 28.2 Å². The monoisotopic (exact) mass is 381 g/mol. The summed E-state index contributed by atoms with van der Waals surface area (Å²) in [6, 6.07) is 5.12. The first-order chi connectivity index (χ1) is 13.2. The normalized spacial score (nSPS) is 14.0. The van der Waals surface area contributed by atoms with Crippen molar-refractivity contribution in [1.29, 1.82) is 0 Å². The van der Waals surface area contributed by atoms with Crippen LogP contribution < -0.4 is 4.90 Å². The topological polar surface area (TPSA) is 46.8 Å². The van der Waals surface area contributed by atoms with Gasteiger partial charge in [0.05, 0.1) is 18.2 Å². The second-order valence-corrected chi connectivity index (χ2v) is 7.47. The van der Waals surface area contributed by atoms with Gasteiger partial charge in [0.2, 0.25) is 0 Å². The largest absolute Gasteiger partial charge is 0.342 e. The maximum atomic E-state index is 14.5. The molecule has 3 aromatic rings. The van der Waals surface area contributed by atoms with E-state index in [-0.39, 0.29) is 5.82 Å². The molecule has 3 heterocycles. The molecule has 1 aromatic carbocycles. The molecule has 0 bridgehead atoms. The molecule has 0 saturated heterocycles. The lowest BCUT2D eigenvalue weighted by atomic mass is 10.1. The van der Waals surface area contributed by atoms with Gasteiger partial charge in [0.1, 0.15) is 11.3 Å². The Morgan fingerprint density at radius 2 is 2.15 bits per heavy atom. The van der Waals surface area contributed by atoms with E-state index < -0.39 is 0 Å². The van der Waals surface area contributed by atoms with Gasteiger partial charge in [-0.25, -0.2) is 9.37 Å². The summed E-state index contributed by atoms with van der Waals surface area (Å²) in [5.74, 6) is 0.774. The number of anilines is 1. The fraction of sp³-hybridized carbons (Fsp3) is 0.250. The van der Waals surface area contributed by atoms with Crippen molar-refractivity contribution in [2.45, 2.75) is 20.4 Å². The lowest BCUT2D eigenvalue weighted by Crippen LogP contribution is -2.19.